The number of ether oxygens (including phenoxy) is 1. The summed E-state index contributed by atoms with van der Waals surface area (Å²) >= 11 is 1.89. The lowest BCUT2D eigenvalue weighted by atomic mass is 10.5. The Morgan fingerprint density at radius 2 is 2.27 bits per heavy atom. The van der Waals surface area contributed by atoms with Crippen molar-refractivity contribution in [2.45, 2.75) is 0 Å². The van der Waals surface area contributed by atoms with Gasteiger partial charge in [0.25, 0.3) is 0 Å². The zero-order valence-electron chi connectivity index (χ0n) is 5.35. The van der Waals surface area contributed by atoms with Crippen LogP contribution in [0.1, 0.15) is 0 Å². The fourth-order valence-corrected chi connectivity index (χ4v) is 1.10. The molecule has 0 fully saturated rings. The van der Waals surface area contributed by atoms with Crippen molar-refractivity contribution in [3.63, 3.8) is 0 Å². The van der Waals surface area contributed by atoms with Gasteiger partial charge < -0.3 is 4.74 Å². The normalized spacial score (nSPS) is 9.73. The maximum Gasteiger partial charge on any atom is 0.230 e. The second kappa shape index (κ2) is 3.80. The fourth-order valence-electron chi connectivity index (χ4n) is 0.573. The minimum absolute atomic E-state index is 0.0306. The van der Waals surface area contributed by atoms with Gasteiger partial charge in [0, 0.05) is 15.7 Å². The van der Waals surface area contributed by atoms with Crippen LogP contribution in [0.15, 0.2) is 12.1 Å². The highest BCUT2D eigenvalue weighted by Gasteiger charge is 1.99. The van der Waals surface area contributed by atoms with Crippen molar-refractivity contribution in [2.24, 2.45) is 0 Å². The molecule has 60 valence electrons. The molecule has 0 radical (unpaired) electrons. The quantitative estimate of drug-likeness (QED) is 0.607. The van der Waals surface area contributed by atoms with Crippen molar-refractivity contribution in [3.05, 3.63) is 21.7 Å². The van der Waals surface area contributed by atoms with Gasteiger partial charge in [-0.05, 0) is 22.6 Å². The third-order valence-electron chi connectivity index (χ3n) is 0.938. The van der Waals surface area contributed by atoms with Gasteiger partial charge in [-0.3, -0.25) is 0 Å². The Morgan fingerprint density at radius 3 is 2.82 bits per heavy atom. The van der Waals surface area contributed by atoms with Gasteiger partial charge >= 0.3 is 0 Å². The zero-order valence-corrected chi connectivity index (χ0v) is 7.51. The van der Waals surface area contributed by atoms with Gasteiger partial charge in [0.15, 0.2) is 0 Å². The van der Waals surface area contributed by atoms with Crippen LogP contribution >= 0.6 is 22.6 Å². The summed E-state index contributed by atoms with van der Waals surface area (Å²) in [5, 5.41) is 0. The molecule has 1 rings (SSSR count). The molecule has 1 aromatic heterocycles. The molecule has 0 spiro atoms. The van der Waals surface area contributed by atoms with Gasteiger partial charge in [0.1, 0.15) is 0 Å². The lowest BCUT2D eigenvalue weighted by Gasteiger charge is -1.99. The van der Waals surface area contributed by atoms with Crippen LogP contribution < -0.4 is 4.74 Å². The molecule has 0 aromatic carbocycles. The van der Waals surface area contributed by atoms with Crippen LogP contribution in [0.4, 0.5) is 8.78 Å². The molecule has 0 aliphatic heterocycles. The minimum atomic E-state index is -0.994. The van der Waals surface area contributed by atoms with Crippen LogP contribution in [0.25, 0.3) is 0 Å². The van der Waals surface area contributed by atoms with Gasteiger partial charge in [-0.1, -0.05) is 0 Å². The van der Waals surface area contributed by atoms with E-state index in [1.54, 1.807) is 0 Å². The number of nitrogens with zero attached hydrogens (tertiary/aromatic N) is 1. The lowest BCUT2D eigenvalue weighted by Crippen LogP contribution is -1.95. The number of alkyl halides is 1. The molecule has 0 atom stereocenters. The minimum Gasteiger partial charge on any atom is -0.446 e. The number of aromatic nitrogens is 1. The average molecular weight is 271 g/mol. The molecule has 5 heteroatoms. The molecule has 0 unspecified atom stereocenters. The predicted octanol–water partition coefficient (Wildman–Crippen LogP) is 2.13. The van der Waals surface area contributed by atoms with Crippen LogP contribution in [0.3, 0.4) is 0 Å². The van der Waals surface area contributed by atoms with E-state index in [-0.39, 0.29) is 5.88 Å². The largest absolute Gasteiger partial charge is 0.446 e. The van der Waals surface area contributed by atoms with Gasteiger partial charge in [0.2, 0.25) is 18.7 Å². The first-order valence-electron chi connectivity index (χ1n) is 2.74. The summed E-state index contributed by atoms with van der Waals surface area (Å²) in [7, 11) is 0. The van der Waals surface area contributed by atoms with Gasteiger partial charge in [-0.15, -0.1) is 0 Å². The summed E-state index contributed by atoms with van der Waals surface area (Å²) in [6, 6.07) is 2.68. The van der Waals surface area contributed by atoms with Crippen LogP contribution in [-0.2, 0) is 0 Å². The first-order chi connectivity index (χ1) is 5.22. The van der Waals surface area contributed by atoms with E-state index in [0.29, 0.717) is 3.57 Å². The highest BCUT2D eigenvalue weighted by Crippen LogP contribution is 2.13. The first-order valence-corrected chi connectivity index (χ1v) is 3.82. The van der Waals surface area contributed by atoms with Crippen molar-refractivity contribution in [1.29, 1.82) is 0 Å². The lowest BCUT2D eigenvalue weighted by molar-refractivity contribution is 0.183. The Labute approximate surface area is 75.7 Å². The summed E-state index contributed by atoms with van der Waals surface area (Å²) in [5.41, 5.74) is 0. The molecule has 0 saturated carbocycles. The van der Waals surface area contributed by atoms with Crippen molar-refractivity contribution in [3.8, 4) is 5.88 Å². The summed E-state index contributed by atoms with van der Waals surface area (Å²) < 4.78 is 29.0. The van der Waals surface area contributed by atoms with Crippen LogP contribution in [0.5, 0.6) is 5.88 Å². The molecule has 0 saturated heterocycles. The number of halogens is 3. The molecule has 11 heavy (non-hydrogen) atoms. The number of pyridine rings is 1. The Hall–Kier alpha value is -0.460. The maximum atomic E-state index is 12.4. The van der Waals surface area contributed by atoms with Crippen LogP contribution in [-0.4, -0.2) is 11.8 Å². The van der Waals surface area contributed by atoms with E-state index in [1.165, 1.54) is 12.1 Å². The van der Waals surface area contributed by atoms with E-state index in [4.69, 9.17) is 0 Å². The van der Waals surface area contributed by atoms with Gasteiger partial charge in [-0.2, -0.15) is 9.37 Å². The van der Waals surface area contributed by atoms with E-state index in [2.05, 4.69) is 9.72 Å². The smallest absolute Gasteiger partial charge is 0.230 e. The molecule has 1 aromatic rings. The van der Waals surface area contributed by atoms with Gasteiger partial charge in [-0.25, -0.2) is 4.39 Å². The number of hydrogen-bond acceptors (Lipinski definition) is 2. The average Bonchev–Trinajstić information content (AvgIpc) is 1.85. The Morgan fingerprint density at radius 1 is 1.55 bits per heavy atom. The first kappa shape index (κ1) is 8.63. The predicted molar refractivity (Wildman–Crippen MR) is 43.5 cm³/mol. The van der Waals surface area contributed by atoms with E-state index in [9.17, 15) is 8.78 Å². The molecule has 2 nitrogen and oxygen atoms in total. The molecular weight excluding hydrogens is 267 g/mol. The monoisotopic (exact) mass is 271 g/mol. The number of hydrogen-bond donors (Lipinski definition) is 0. The molecule has 0 aliphatic rings. The summed E-state index contributed by atoms with van der Waals surface area (Å²) in [5.74, 6) is -0.697. The van der Waals surface area contributed by atoms with Crippen LogP contribution in [0, 0.1) is 9.52 Å². The molecular formula is C6H4F2INO. The van der Waals surface area contributed by atoms with Crippen molar-refractivity contribution in [1.82, 2.24) is 4.98 Å². The standard InChI is InChI=1S/C6H4F2INO/c7-3-11-6-2-4(9)1-5(8)10-6/h1-2H,3H2. The number of rotatable bonds is 2. The van der Waals surface area contributed by atoms with Gasteiger partial charge in [0.05, 0.1) is 0 Å². The van der Waals surface area contributed by atoms with Crippen molar-refractivity contribution >= 4 is 22.6 Å². The van der Waals surface area contributed by atoms with E-state index in [1.807, 2.05) is 22.6 Å². The molecule has 0 bridgehead atoms. The Balaban J connectivity index is 2.89. The maximum absolute atomic E-state index is 12.4. The molecule has 0 aliphatic carbocycles. The molecule has 0 amide bonds. The van der Waals surface area contributed by atoms with Crippen molar-refractivity contribution in [2.75, 3.05) is 6.86 Å². The van der Waals surface area contributed by atoms with E-state index in [0.717, 1.165) is 0 Å². The van der Waals surface area contributed by atoms with Crippen molar-refractivity contribution < 1.29 is 13.5 Å². The third-order valence-corrected chi connectivity index (χ3v) is 1.56. The van der Waals surface area contributed by atoms with E-state index < -0.39 is 12.8 Å². The second-order valence-electron chi connectivity index (χ2n) is 1.70. The Bertz CT molecular complexity index is 236. The highest BCUT2D eigenvalue weighted by molar-refractivity contribution is 14.1. The highest BCUT2D eigenvalue weighted by atomic mass is 127. The topological polar surface area (TPSA) is 22.1 Å². The molecule has 1 heterocycles. The summed E-state index contributed by atoms with van der Waals surface area (Å²) in [4.78, 5) is 3.29. The Kier molecular flexibility index (Phi) is 2.98. The van der Waals surface area contributed by atoms with Crippen LogP contribution in [0.2, 0.25) is 0 Å². The van der Waals surface area contributed by atoms with E-state index >= 15 is 0 Å². The summed E-state index contributed by atoms with van der Waals surface area (Å²) in [6.45, 7) is -0.994. The zero-order chi connectivity index (χ0) is 8.27. The fraction of sp³-hybridized carbons (Fsp3) is 0.167. The molecule has 0 N–H and O–H groups in total. The third kappa shape index (κ3) is 2.57. The SMILES string of the molecule is FCOc1cc(I)cc(F)n1. The second-order valence-corrected chi connectivity index (χ2v) is 2.95. The summed E-state index contributed by atoms with van der Waals surface area (Å²) in [6.07, 6.45) is 0.